The van der Waals surface area contributed by atoms with E-state index in [1.807, 2.05) is 25.1 Å². The van der Waals surface area contributed by atoms with Gasteiger partial charge in [-0.2, -0.15) is 5.26 Å². The van der Waals surface area contributed by atoms with Gasteiger partial charge in [-0.1, -0.05) is 5.21 Å². The zero-order chi connectivity index (χ0) is 10.7. The zero-order valence-corrected chi connectivity index (χ0v) is 8.25. The molecule has 0 amide bonds. The summed E-state index contributed by atoms with van der Waals surface area (Å²) in [7, 11) is 0. The summed E-state index contributed by atoms with van der Waals surface area (Å²) in [6.07, 6.45) is 3.39. The quantitative estimate of drug-likeness (QED) is 0.729. The molecular weight excluding hydrogens is 190 g/mol. The Morgan fingerprint density at radius 2 is 2.40 bits per heavy atom. The minimum atomic E-state index is 0.338. The van der Waals surface area contributed by atoms with Crippen LogP contribution in [-0.4, -0.2) is 20.0 Å². The van der Waals surface area contributed by atoms with E-state index in [9.17, 15) is 0 Å². The molecule has 0 aliphatic rings. The Labute approximate surface area is 87.0 Å². The SMILES string of the molecule is CCn1nnc(C#N)c1-c1cccnc1. The van der Waals surface area contributed by atoms with Crippen molar-refractivity contribution >= 4 is 0 Å². The van der Waals surface area contributed by atoms with Crippen molar-refractivity contribution in [1.82, 2.24) is 20.0 Å². The minimum absolute atomic E-state index is 0.338. The fraction of sp³-hybridized carbons (Fsp3) is 0.200. The van der Waals surface area contributed by atoms with Crippen molar-refractivity contribution < 1.29 is 0 Å². The van der Waals surface area contributed by atoms with Crippen LogP contribution in [0.3, 0.4) is 0 Å². The van der Waals surface area contributed by atoms with E-state index in [2.05, 4.69) is 15.3 Å². The number of nitriles is 1. The van der Waals surface area contributed by atoms with Crippen molar-refractivity contribution in [2.24, 2.45) is 0 Å². The highest BCUT2D eigenvalue weighted by molar-refractivity contribution is 5.63. The van der Waals surface area contributed by atoms with Gasteiger partial charge in [0.1, 0.15) is 11.8 Å². The molecule has 2 rings (SSSR count). The highest BCUT2D eigenvalue weighted by Gasteiger charge is 2.13. The maximum absolute atomic E-state index is 8.90. The number of hydrogen-bond acceptors (Lipinski definition) is 4. The third-order valence-electron chi connectivity index (χ3n) is 2.08. The zero-order valence-electron chi connectivity index (χ0n) is 8.25. The summed E-state index contributed by atoms with van der Waals surface area (Å²) in [5, 5.41) is 16.6. The van der Waals surface area contributed by atoms with Gasteiger partial charge in [0.05, 0.1) is 0 Å². The summed E-state index contributed by atoms with van der Waals surface area (Å²) < 4.78 is 1.69. The van der Waals surface area contributed by atoms with Crippen molar-refractivity contribution in [3.8, 4) is 17.3 Å². The monoisotopic (exact) mass is 199 g/mol. The Balaban J connectivity index is 2.61. The van der Waals surface area contributed by atoms with Gasteiger partial charge < -0.3 is 0 Å². The first-order valence-corrected chi connectivity index (χ1v) is 4.60. The molecule has 15 heavy (non-hydrogen) atoms. The molecule has 0 aliphatic heterocycles. The third kappa shape index (κ3) is 1.57. The molecule has 0 aromatic carbocycles. The summed E-state index contributed by atoms with van der Waals surface area (Å²) >= 11 is 0. The van der Waals surface area contributed by atoms with Crippen LogP contribution in [-0.2, 0) is 6.54 Å². The van der Waals surface area contributed by atoms with E-state index in [1.54, 1.807) is 17.1 Å². The van der Waals surface area contributed by atoms with Gasteiger partial charge in [0.15, 0.2) is 5.69 Å². The van der Waals surface area contributed by atoms with Crippen LogP contribution >= 0.6 is 0 Å². The molecule has 2 aromatic rings. The Hall–Kier alpha value is -2.22. The molecule has 0 saturated heterocycles. The van der Waals surface area contributed by atoms with Gasteiger partial charge in [0.2, 0.25) is 0 Å². The fourth-order valence-corrected chi connectivity index (χ4v) is 1.40. The second kappa shape index (κ2) is 3.88. The van der Waals surface area contributed by atoms with Gasteiger partial charge in [0.25, 0.3) is 0 Å². The minimum Gasteiger partial charge on any atom is -0.264 e. The van der Waals surface area contributed by atoms with E-state index in [4.69, 9.17) is 5.26 Å². The van der Waals surface area contributed by atoms with Crippen molar-refractivity contribution in [3.63, 3.8) is 0 Å². The van der Waals surface area contributed by atoms with Gasteiger partial charge in [0, 0.05) is 24.5 Å². The van der Waals surface area contributed by atoms with Gasteiger partial charge in [-0.15, -0.1) is 5.10 Å². The molecule has 0 fully saturated rings. The van der Waals surface area contributed by atoms with Crippen molar-refractivity contribution in [2.45, 2.75) is 13.5 Å². The Morgan fingerprint density at radius 1 is 1.53 bits per heavy atom. The summed E-state index contributed by atoms with van der Waals surface area (Å²) in [5.41, 5.74) is 1.93. The number of hydrogen-bond donors (Lipinski definition) is 0. The lowest BCUT2D eigenvalue weighted by Gasteiger charge is -2.02. The van der Waals surface area contributed by atoms with Gasteiger partial charge in [-0.3, -0.25) is 4.98 Å². The number of aryl methyl sites for hydroxylation is 1. The van der Waals surface area contributed by atoms with Crippen LogP contribution in [0.25, 0.3) is 11.3 Å². The first-order chi connectivity index (χ1) is 7.36. The van der Waals surface area contributed by atoms with Gasteiger partial charge in [-0.05, 0) is 19.1 Å². The molecule has 0 spiro atoms. The number of rotatable bonds is 2. The van der Waals surface area contributed by atoms with Crippen LogP contribution in [0.4, 0.5) is 0 Å². The smallest absolute Gasteiger partial charge is 0.190 e. The first-order valence-electron chi connectivity index (χ1n) is 4.60. The van der Waals surface area contributed by atoms with Crippen LogP contribution in [0.1, 0.15) is 12.6 Å². The fourth-order valence-electron chi connectivity index (χ4n) is 1.40. The Kier molecular flexibility index (Phi) is 2.42. The van der Waals surface area contributed by atoms with E-state index in [0.717, 1.165) is 11.3 Å². The lowest BCUT2D eigenvalue weighted by Crippen LogP contribution is -1.99. The summed E-state index contributed by atoms with van der Waals surface area (Å²) in [6, 6.07) is 5.74. The molecule has 0 aliphatic carbocycles. The molecule has 0 atom stereocenters. The molecule has 0 bridgehead atoms. The van der Waals surface area contributed by atoms with E-state index in [1.165, 1.54) is 0 Å². The molecule has 5 heteroatoms. The highest BCUT2D eigenvalue weighted by Crippen LogP contribution is 2.20. The number of aromatic nitrogens is 4. The molecule has 0 radical (unpaired) electrons. The normalized spacial score (nSPS) is 9.87. The molecule has 74 valence electrons. The van der Waals surface area contributed by atoms with Crippen LogP contribution in [0.2, 0.25) is 0 Å². The summed E-state index contributed by atoms with van der Waals surface area (Å²) in [5.74, 6) is 0. The van der Waals surface area contributed by atoms with E-state index in [0.29, 0.717) is 12.2 Å². The molecule has 0 saturated carbocycles. The molecule has 0 unspecified atom stereocenters. The Morgan fingerprint density at radius 3 is 3.00 bits per heavy atom. The molecule has 0 N–H and O–H groups in total. The van der Waals surface area contributed by atoms with E-state index < -0.39 is 0 Å². The van der Waals surface area contributed by atoms with Crippen molar-refractivity contribution in [1.29, 1.82) is 5.26 Å². The summed E-state index contributed by atoms with van der Waals surface area (Å²) in [4.78, 5) is 4.01. The van der Waals surface area contributed by atoms with Crippen LogP contribution in [0, 0.1) is 11.3 Å². The van der Waals surface area contributed by atoms with Crippen LogP contribution in [0.5, 0.6) is 0 Å². The second-order valence-corrected chi connectivity index (χ2v) is 2.96. The largest absolute Gasteiger partial charge is 0.264 e. The molecular formula is C10H9N5. The van der Waals surface area contributed by atoms with Crippen LogP contribution < -0.4 is 0 Å². The topological polar surface area (TPSA) is 67.4 Å². The molecule has 5 nitrogen and oxygen atoms in total. The van der Waals surface area contributed by atoms with Gasteiger partial charge in [-0.25, -0.2) is 4.68 Å². The first kappa shape index (κ1) is 9.34. The predicted molar refractivity (Wildman–Crippen MR) is 53.6 cm³/mol. The van der Waals surface area contributed by atoms with Crippen molar-refractivity contribution in [3.05, 3.63) is 30.2 Å². The van der Waals surface area contributed by atoms with Gasteiger partial charge >= 0.3 is 0 Å². The maximum Gasteiger partial charge on any atom is 0.190 e. The lowest BCUT2D eigenvalue weighted by atomic mass is 10.2. The highest BCUT2D eigenvalue weighted by atomic mass is 15.4. The van der Waals surface area contributed by atoms with Crippen LogP contribution in [0.15, 0.2) is 24.5 Å². The van der Waals surface area contributed by atoms with E-state index in [-0.39, 0.29) is 0 Å². The molecule has 2 aromatic heterocycles. The lowest BCUT2D eigenvalue weighted by molar-refractivity contribution is 0.632. The summed E-state index contributed by atoms with van der Waals surface area (Å²) in [6.45, 7) is 2.63. The Bertz CT molecular complexity index is 494. The average Bonchev–Trinajstić information content (AvgIpc) is 2.72. The predicted octanol–water partition coefficient (Wildman–Crippen LogP) is 1.23. The third-order valence-corrected chi connectivity index (χ3v) is 2.08. The average molecular weight is 199 g/mol. The molecule has 2 heterocycles. The second-order valence-electron chi connectivity index (χ2n) is 2.96. The standard InChI is InChI=1S/C10H9N5/c1-2-15-10(9(6-11)13-14-15)8-4-3-5-12-7-8/h3-5,7H,2H2,1H3. The maximum atomic E-state index is 8.90. The number of pyridine rings is 1. The van der Waals surface area contributed by atoms with E-state index >= 15 is 0 Å². The van der Waals surface area contributed by atoms with Crippen molar-refractivity contribution in [2.75, 3.05) is 0 Å². The number of nitrogens with zero attached hydrogens (tertiary/aromatic N) is 5.